The maximum atomic E-state index is 12.4. The molecule has 2 heterocycles. The summed E-state index contributed by atoms with van der Waals surface area (Å²) < 4.78 is -1.15. The highest BCUT2D eigenvalue weighted by atomic mass is 32.2. The van der Waals surface area contributed by atoms with E-state index in [9.17, 15) is 9.59 Å². The predicted octanol–water partition coefficient (Wildman–Crippen LogP) is 2.87. The van der Waals surface area contributed by atoms with E-state index in [0.717, 1.165) is 15.5 Å². The molecule has 0 aliphatic carbocycles. The number of amides is 2. The average molecular weight is 318 g/mol. The lowest BCUT2D eigenvalue weighted by Crippen LogP contribution is -2.51. The van der Waals surface area contributed by atoms with E-state index >= 15 is 0 Å². The number of hydrogen-bond donors (Lipinski definition) is 2. The predicted molar refractivity (Wildman–Crippen MR) is 85.5 cm³/mol. The van der Waals surface area contributed by atoms with E-state index in [1.54, 1.807) is 18.3 Å². The van der Waals surface area contributed by atoms with Crippen LogP contribution in [0.3, 0.4) is 0 Å². The molecule has 1 aliphatic heterocycles. The van der Waals surface area contributed by atoms with E-state index in [1.165, 1.54) is 11.8 Å². The minimum Gasteiger partial charge on any atom is -0.350 e. The van der Waals surface area contributed by atoms with Gasteiger partial charge in [-0.3, -0.25) is 9.59 Å². The number of fused-ring (bicyclic) bond motifs is 1. The molecular weight excluding hydrogens is 304 g/mol. The van der Waals surface area contributed by atoms with Gasteiger partial charge in [-0.2, -0.15) is 0 Å². The third-order valence-corrected chi connectivity index (χ3v) is 5.55. The van der Waals surface area contributed by atoms with Crippen LogP contribution in [0.25, 0.3) is 0 Å². The second-order valence-electron chi connectivity index (χ2n) is 4.85. The van der Waals surface area contributed by atoms with Crippen LogP contribution in [0.1, 0.15) is 11.8 Å². The number of thioether (sulfide) groups is 1. The van der Waals surface area contributed by atoms with Crippen LogP contribution in [0.5, 0.6) is 0 Å². The van der Waals surface area contributed by atoms with Crippen molar-refractivity contribution in [2.24, 2.45) is 0 Å². The number of nitrogens with one attached hydrogen (secondary N) is 2. The van der Waals surface area contributed by atoms with E-state index in [2.05, 4.69) is 10.6 Å². The van der Waals surface area contributed by atoms with Gasteiger partial charge in [-0.15, -0.1) is 11.3 Å². The first-order chi connectivity index (χ1) is 10.1. The highest BCUT2D eigenvalue weighted by molar-refractivity contribution is 8.02. The lowest BCUT2D eigenvalue weighted by molar-refractivity contribution is -0.130. The van der Waals surface area contributed by atoms with Gasteiger partial charge in [0.1, 0.15) is 0 Å². The smallest absolute Gasteiger partial charge is 0.250 e. The summed E-state index contributed by atoms with van der Waals surface area (Å²) >= 11 is 2.87. The molecule has 6 heteroatoms. The quantitative estimate of drug-likeness (QED) is 0.856. The summed E-state index contributed by atoms with van der Waals surface area (Å²) in [5.74, 6) is -0.553. The molecule has 1 aliphatic rings. The van der Waals surface area contributed by atoms with Gasteiger partial charge in [0, 0.05) is 9.77 Å². The van der Waals surface area contributed by atoms with Crippen LogP contribution in [-0.2, 0) is 16.1 Å². The van der Waals surface area contributed by atoms with Gasteiger partial charge in [0.05, 0.1) is 12.2 Å². The monoisotopic (exact) mass is 318 g/mol. The van der Waals surface area contributed by atoms with Gasteiger partial charge in [0.2, 0.25) is 11.8 Å². The van der Waals surface area contributed by atoms with Crippen LogP contribution in [0.15, 0.2) is 46.7 Å². The molecule has 0 spiro atoms. The van der Waals surface area contributed by atoms with Crippen LogP contribution in [0, 0.1) is 0 Å². The molecule has 1 atom stereocenters. The number of carbonyl (C=O) groups excluding carboxylic acids is 2. The Bertz CT molecular complexity index is 685. The zero-order chi connectivity index (χ0) is 14.9. The molecule has 0 unspecified atom stereocenters. The standard InChI is InChI=1S/C15H14N2O2S2/c1-15(13(18)16-9-10-5-4-8-20-10)14(19)17-11-6-2-3-7-12(11)21-15/h2-8H,9H2,1H3,(H,16,18)(H,17,19)/t15-/m0/s1. The normalized spacial score (nSPS) is 20.5. The Hall–Kier alpha value is -1.79. The number of thiophene rings is 1. The summed E-state index contributed by atoms with van der Waals surface area (Å²) in [6, 6.07) is 11.4. The summed E-state index contributed by atoms with van der Waals surface area (Å²) in [5, 5.41) is 7.61. The molecule has 0 radical (unpaired) electrons. The summed E-state index contributed by atoms with van der Waals surface area (Å²) in [4.78, 5) is 26.7. The summed E-state index contributed by atoms with van der Waals surface area (Å²) in [6.07, 6.45) is 0. The fourth-order valence-electron chi connectivity index (χ4n) is 2.07. The molecule has 0 fully saturated rings. The Morgan fingerprint density at radius 3 is 2.86 bits per heavy atom. The van der Waals surface area contributed by atoms with Crippen molar-refractivity contribution in [2.75, 3.05) is 5.32 Å². The maximum absolute atomic E-state index is 12.4. The van der Waals surface area contributed by atoms with Crippen molar-refractivity contribution in [3.05, 3.63) is 46.7 Å². The van der Waals surface area contributed by atoms with Crippen LogP contribution in [0.2, 0.25) is 0 Å². The largest absolute Gasteiger partial charge is 0.350 e. The maximum Gasteiger partial charge on any atom is 0.250 e. The van der Waals surface area contributed by atoms with E-state index in [0.29, 0.717) is 6.54 Å². The Kier molecular flexibility index (Phi) is 3.73. The molecule has 0 saturated heterocycles. The van der Waals surface area contributed by atoms with Crippen molar-refractivity contribution in [3.8, 4) is 0 Å². The van der Waals surface area contributed by atoms with Gasteiger partial charge in [0.25, 0.3) is 0 Å². The van der Waals surface area contributed by atoms with Gasteiger partial charge >= 0.3 is 0 Å². The second kappa shape index (κ2) is 5.54. The van der Waals surface area contributed by atoms with Gasteiger partial charge < -0.3 is 10.6 Å². The van der Waals surface area contributed by atoms with E-state index in [-0.39, 0.29) is 11.8 Å². The summed E-state index contributed by atoms with van der Waals surface area (Å²) in [6.45, 7) is 2.11. The molecule has 108 valence electrons. The SMILES string of the molecule is C[C@@]1(C(=O)NCc2cccs2)Sc2ccccc2NC1=O. The van der Waals surface area contributed by atoms with Gasteiger partial charge in [-0.25, -0.2) is 0 Å². The van der Waals surface area contributed by atoms with E-state index in [4.69, 9.17) is 0 Å². The Morgan fingerprint density at radius 2 is 2.10 bits per heavy atom. The number of rotatable bonds is 3. The topological polar surface area (TPSA) is 58.2 Å². The molecule has 2 amide bonds. The van der Waals surface area contributed by atoms with Crippen LogP contribution >= 0.6 is 23.1 Å². The molecule has 1 aromatic heterocycles. The first-order valence-electron chi connectivity index (χ1n) is 6.50. The zero-order valence-corrected chi connectivity index (χ0v) is 13.0. The third-order valence-electron chi connectivity index (χ3n) is 3.32. The van der Waals surface area contributed by atoms with Crippen molar-refractivity contribution >= 4 is 40.6 Å². The Labute approximate surface area is 130 Å². The van der Waals surface area contributed by atoms with Crippen molar-refractivity contribution < 1.29 is 9.59 Å². The highest BCUT2D eigenvalue weighted by Crippen LogP contribution is 2.42. The van der Waals surface area contributed by atoms with Crippen molar-refractivity contribution in [1.82, 2.24) is 5.32 Å². The fourth-order valence-corrected chi connectivity index (χ4v) is 3.83. The first-order valence-corrected chi connectivity index (χ1v) is 8.19. The first kappa shape index (κ1) is 14.2. The van der Waals surface area contributed by atoms with Gasteiger partial charge in [-0.1, -0.05) is 30.0 Å². The summed E-state index contributed by atoms with van der Waals surface area (Å²) in [5.41, 5.74) is 0.760. The van der Waals surface area contributed by atoms with Crippen molar-refractivity contribution in [1.29, 1.82) is 0 Å². The van der Waals surface area contributed by atoms with Crippen LogP contribution in [0.4, 0.5) is 5.69 Å². The third kappa shape index (κ3) is 2.69. The van der Waals surface area contributed by atoms with Crippen LogP contribution < -0.4 is 10.6 Å². The van der Waals surface area contributed by atoms with Gasteiger partial charge in [0.15, 0.2) is 4.75 Å². The number of benzene rings is 1. The Balaban J connectivity index is 1.77. The minimum atomic E-state index is -1.15. The molecule has 21 heavy (non-hydrogen) atoms. The number of anilines is 1. The molecule has 1 aromatic carbocycles. The van der Waals surface area contributed by atoms with Crippen LogP contribution in [-0.4, -0.2) is 16.6 Å². The molecule has 0 bridgehead atoms. The summed E-state index contributed by atoms with van der Waals surface area (Å²) in [7, 11) is 0. The number of hydrogen-bond acceptors (Lipinski definition) is 4. The lowest BCUT2D eigenvalue weighted by atomic mass is 10.1. The number of carbonyl (C=O) groups is 2. The van der Waals surface area contributed by atoms with E-state index in [1.807, 2.05) is 41.8 Å². The molecule has 0 saturated carbocycles. The molecule has 2 aromatic rings. The average Bonchev–Trinajstić information content (AvgIpc) is 2.99. The second-order valence-corrected chi connectivity index (χ2v) is 7.34. The van der Waals surface area contributed by atoms with Crippen molar-refractivity contribution in [2.45, 2.75) is 23.1 Å². The van der Waals surface area contributed by atoms with Crippen molar-refractivity contribution in [3.63, 3.8) is 0 Å². The highest BCUT2D eigenvalue weighted by Gasteiger charge is 2.45. The fraction of sp³-hybridized carbons (Fsp3) is 0.200. The zero-order valence-electron chi connectivity index (χ0n) is 11.4. The Morgan fingerprint density at radius 1 is 1.29 bits per heavy atom. The van der Waals surface area contributed by atoms with E-state index < -0.39 is 4.75 Å². The van der Waals surface area contributed by atoms with Gasteiger partial charge in [-0.05, 0) is 30.5 Å². The molecule has 4 nitrogen and oxygen atoms in total. The number of para-hydroxylation sites is 1. The molecule has 2 N–H and O–H groups in total. The lowest BCUT2D eigenvalue weighted by Gasteiger charge is -2.31. The molecule has 3 rings (SSSR count). The minimum absolute atomic E-state index is 0.270. The molecular formula is C15H14N2O2S2.